The molecule has 2 aromatic rings. The SMILES string of the molecule is COc1cc(OC)c(NC(=O)c2cc(SC)ccc2Cl)cc1Cl. The summed E-state index contributed by atoms with van der Waals surface area (Å²) in [5, 5.41) is 3.51. The van der Waals surface area contributed by atoms with E-state index in [-0.39, 0.29) is 5.91 Å². The number of carbonyl (C=O) groups is 1. The quantitative estimate of drug-likeness (QED) is 0.752. The molecule has 0 heterocycles. The van der Waals surface area contributed by atoms with Crippen molar-refractivity contribution in [3.63, 3.8) is 0 Å². The third-order valence-corrected chi connectivity index (χ3v) is 4.49. The van der Waals surface area contributed by atoms with Crippen molar-refractivity contribution in [1.82, 2.24) is 0 Å². The van der Waals surface area contributed by atoms with E-state index >= 15 is 0 Å². The third kappa shape index (κ3) is 4.05. The number of nitrogens with one attached hydrogen (secondary N) is 1. The van der Waals surface area contributed by atoms with Crippen molar-refractivity contribution in [1.29, 1.82) is 0 Å². The summed E-state index contributed by atoms with van der Waals surface area (Å²) in [6.45, 7) is 0. The largest absolute Gasteiger partial charge is 0.495 e. The number of amides is 1. The molecule has 1 amide bonds. The van der Waals surface area contributed by atoms with Crippen LogP contribution in [0.5, 0.6) is 11.5 Å². The van der Waals surface area contributed by atoms with Crippen molar-refractivity contribution in [2.75, 3.05) is 25.8 Å². The van der Waals surface area contributed by atoms with E-state index in [2.05, 4.69) is 5.32 Å². The predicted octanol–water partition coefficient (Wildman–Crippen LogP) is 4.98. The number of thioether (sulfide) groups is 1. The fourth-order valence-electron chi connectivity index (χ4n) is 1.95. The Morgan fingerprint density at radius 2 is 1.74 bits per heavy atom. The van der Waals surface area contributed by atoms with Crippen LogP contribution in [0, 0.1) is 0 Å². The van der Waals surface area contributed by atoms with Crippen LogP contribution < -0.4 is 14.8 Å². The average Bonchev–Trinajstić information content (AvgIpc) is 2.55. The topological polar surface area (TPSA) is 47.6 Å². The van der Waals surface area contributed by atoms with Crippen LogP contribution in [0.25, 0.3) is 0 Å². The van der Waals surface area contributed by atoms with Crippen LogP contribution in [-0.2, 0) is 0 Å². The van der Waals surface area contributed by atoms with Gasteiger partial charge in [-0.25, -0.2) is 0 Å². The summed E-state index contributed by atoms with van der Waals surface area (Å²) in [6, 6.07) is 8.47. The minimum absolute atomic E-state index is 0.342. The van der Waals surface area contributed by atoms with E-state index in [4.69, 9.17) is 32.7 Å². The Balaban J connectivity index is 2.35. The average molecular weight is 372 g/mol. The molecule has 0 saturated carbocycles. The van der Waals surface area contributed by atoms with Crippen LogP contribution in [0.15, 0.2) is 35.2 Å². The fourth-order valence-corrected chi connectivity index (χ4v) is 2.84. The molecule has 0 aromatic heterocycles. The smallest absolute Gasteiger partial charge is 0.257 e. The summed E-state index contributed by atoms with van der Waals surface area (Å²) in [4.78, 5) is 13.4. The third-order valence-electron chi connectivity index (χ3n) is 3.14. The Hall–Kier alpha value is -1.56. The van der Waals surface area contributed by atoms with Crippen molar-refractivity contribution in [3.8, 4) is 11.5 Å². The molecule has 0 aliphatic carbocycles. The van der Waals surface area contributed by atoms with Crippen LogP contribution in [0.2, 0.25) is 10.0 Å². The number of ether oxygens (including phenoxy) is 2. The number of hydrogen-bond donors (Lipinski definition) is 1. The molecule has 7 heteroatoms. The molecule has 0 atom stereocenters. The summed E-state index contributed by atoms with van der Waals surface area (Å²) in [5.74, 6) is 0.561. The minimum Gasteiger partial charge on any atom is -0.495 e. The van der Waals surface area contributed by atoms with Gasteiger partial charge in [-0.2, -0.15) is 0 Å². The van der Waals surface area contributed by atoms with Gasteiger partial charge < -0.3 is 14.8 Å². The summed E-state index contributed by atoms with van der Waals surface area (Å²) >= 11 is 13.8. The molecule has 122 valence electrons. The molecule has 2 rings (SSSR count). The van der Waals surface area contributed by atoms with Crippen LogP contribution in [-0.4, -0.2) is 26.4 Å². The van der Waals surface area contributed by atoms with Crippen molar-refractivity contribution in [2.45, 2.75) is 4.90 Å². The Labute approximate surface area is 149 Å². The first-order valence-electron chi connectivity index (χ1n) is 6.56. The summed E-state index contributed by atoms with van der Waals surface area (Å²) in [6.07, 6.45) is 1.93. The Morgan fingerprint density at radius 3 is 2.35 bits per heavy atom. The molecule has 0 aliphatic heterocycles. The van der Waals surface area contributed by atoms with Gasteiger partial charge in [-0.3, -0.25) is 4.79 Å². The predicted molar refractivity (Wildman–Crippen MR) is 95.7 cm³/mol. The molecule has 0 fully saturated rings. The zero-order valence-corrected chi connectivity index (χ0v) is 15.1. The molecule has 0 aliphatic rings. The Morgan fingerprint density at radius 1 is 1.04 bits per heavy atom. The molecular weight excluding hydrogens is 357 g/mol. The van der Waals surface area contributed by atoms with E-state index in [1.54, 1.807) is 24.3 Å². The van der Waals surface area contributed by atoms with Gasteiger partial charge >= 0.3 is 0 Å². The fraction of sp³-hybridized carbons (Fsp3) is 0.188. The molecule has 0 saturated heterocycles. The number of anilines is 1. The van der Waals surface area contributed by atoms with Crippen molar-refractivity contribution in [3.05, 3.63) is 45.9 Å². The van der Waals surface area contributed by atoms with Gasteiger partial charge in [0.05, 0.1) is 35.5 Å². The molecule has 4 nitrogen and oxygen atoms in total. The highest BCUT2D eigenvalue weighted by molar-refractivity contribution is 7.98. The standard InChI is InChI=1S/C16H15Cl2NO3S/c1-21-14-8-15(22-2)13(7-12(14)18)19-16(20)10-6-9(23-3)4-5-11(10)17/h4-8H,1-3H3,(H,19,20). The van der Waals surface area contributed by atoms with Gasteiger partial charge in [0.2, 0.25) is 0 Å². The van der Waals surface area contributed by atoms with Crippen molar-refractivity contribution >= 4 is 46.6 Å². The van der Waals surface area contributed by atoms with Crippen LogP contribution in [0.1, 0.15) is 10.4 Å². The van der Waals surface area contributed by atoms with E-state index < -0.39 is 0 Å². The summed E-state index contributed by atoms with van der Waals surface area (Å²) < 4.78 is 10.4. The van der Waals surface area contributed by atoms with E-state index in [0.29, 0.717) is 32.8 Å². The van der Waals surface area contributed by atoms with Gasteiger partial charge in [0, 0.05) is 11.0 Å². The first-order chi connectivity index (χ1) is 11.0. The molecule has 0 radical (unpaired) electrons. The van der Waals surface area contributed by atoms with Crippen LogP contribution >= 0.6 is 35.0 Å². The summed E-state index contributed by atoms with van der Waals surface area (Å²) in [7, 11) is 3.01. The highest BCUT2D eigenvalue weighted by Gasteiger charge is 2.16. The highest BCUT2D eigenvalue weighted by Crippen LogP contribution is 2.36. The van der Waals surface area contributed by atoms with Gasteiger partial charge in [-0.05, 0) is 30.5 Å². The molecular formula is C16H15Cl2NO3S. The van der Waals surface area contributed by atoms with E-state index in [1.807, 2.05) is 12.3 Å². The van der Waals surface area contributed by atoms with E-state index in [9.17, 15) is 4.79 Å². The number of methoxy groups -OCH3 is 2. The molecule has 0 bridgehead atoms. The van der Waals surface area contributed by atoms with Crippen molar-refractivity contribution < 1.29 is 14.3 Å². The monoisotopic (exact) mass is 371 g/mol. The lowest BCUT2D eigenvalue weighted by atomic mass is 10.2. The van der Waals surface area contributed by atoms with Gasteiger partial charge in [0.15, 0.2) is 0 Å². The maximum atomic E-state index is 12.5. The second-order valence-corrected chi connectivity index (χ2v) is 6.18. The molecule has 0 unspecified atom stereocenters. The number of halogens is 2. The normalized spacial score (nSPS) is 10.3. The minimum atomic E-state index is -0.342. The van der Waals surface area contributed by atoms with E-state index in [1.165, 1.54) is 26.0 Å². The highest BCUT2D eigenvalue weighted by atomic mass is 35.5. The Bertz CT molecular complexity index is 738. The zero-order chi connectivity index (χ0) is 17.0. The molecule has 23 heavy (non-hydrogen) atoms. The second-order valence-electron chi connectivity index (χ2n) is 4.49. The van der Waals surface area contributed by atoms with Crippen LogP contribution in [0.4, 0.5) is 5.69 Å². The second kappa shape index (κ2) is 7.81. The lowest BCUT2D eigenvalue weighted by Crippen LogP contribution is -2.13. The maximum absolute atomic E-state index is 12.5. The number of rotatable bonds is 5. The maximum Gasteiger partial charge on any atom is 0.257 e. The lowest BCUT2D eigenvalue weighted by molar-refractivity contribution is 0.102. The molecule has 0 spiro atoms. The number of benzene rings is 2. The molecule has 2 aromatic carbocycles. The lowest BCUT2D eigenvalue weighted by Gasteiger charge is -2.14. The van der Waals surface area contributed by atoms with Crippen LogP contribution in [0.3, 0.4) is 0 Å². The molecule has 1 N–H and O–H groups in total. The van der Waals surface area contributed by atoms with Gasteiger partial charge in [-0.15, -0.1) is 11.8 Å². The van der Waals surface area contributed by atoms with Crippen molar-refractivity contribution in [2.24, 2.45) is 0 Å². The first kappa shape index (κ1) is 17.8. The summed E-state index contributed by atoms with van der Waals surface area (Å²) in [5.41, 5.74) is 0.821. The van der Waals surface area contributed by atoms with Gasteiger partial charge in [0.25, 0.3) is 5.91 Å². The van der Waals surface area contributed by atoms with Gasteiger partial charge in [0.1, 0.15) is 11.5 Å². The van der Waals surface area contributed by atoms with E-state index in [0.717, 1.165) is 4.90 Å². The zero-order valence-electron chi connectivity index (χ0n) is 12.8. The number of hydrogen-bond acceptors (Lipinski definition) is 4. The number of carbonyl (C=O) groups excluding carboxylic acids is 1. The Kier molecular flexibility index (Phi) is 6.04. The first-order valence-corrected chi connectivity index (χ1v) is 8.54. The van der Waals surface area contributed by atoms with Gasteiger partial charge in [-0.1, -0.05) is 23.2 Å².